The molecule has 0 bridgehead atoms. The Morgan fingerprint density at radius 1 is 1.31 bits per heavy atom. The van der Waals surface area contributed by atoms with Crippen molar-refractivity contribution in [3.63, 3.8) is 0 Å². The molecule has 4 heteroatoms. The van der Waals surface area contributed by atoms with E-state index in [1.54, 1.807) is 0 Å². The maximum Gasteiger partial charge on any atom is 0.151 e. The molecule has 0 aliphatic rings. The number of ketones is 1. The summed E-state index contributed by atoms with van der Waals surface area (Å²) in [6, 6.07) is 3.77. The molecule has 0 spiro atoms. The van der Waals surface area contributed by atoms with Gasteiger partial charge in [0.25, 0.3) is 0 Å². The molecule has 16 heavy (non-hydrogen) atoms. The molecule has 1 N–H and O–H groups in total. The summed E-state index contributed by atoms with van der Waals surface area (Å²) in [5.41, 5.74) is -0.155. The van der Waals surface area contributed by atoms with Crippen LogP contribution in [0.5, 0.6) is 0 Å². The Bertz CT molecular complexity index is 357. The molecule has 0 radical (unpaired) electrons. The Balaban J connectivity index is 2.63. The topological polar surface area (TPSA) is 29.1 Å². The molecule has 0 amide bonds. The molecular weight excluding hydrogens is 212 g/mol. The second kappa shape index (κ2) is 5.70. The predicted molar refractivity (Wildman–Crippen MR) is 58.2 cm³/mol. The van der Waals surface area contributed by atoms with Crippen LogP contribution in [0.4, 0.5) is 8.78 Å². The van der Waals surface area contributed by atoms with Gasteiger partial charge in [-0.1, -0.05) is 19.9 Å². The highest BCUT2D eigenvalue weighted by Gasteiger charge is 2.12. The Hall–Kier alpha value is -1.29. The minimum Gasteiger partial charge on any atom is -0.308 e. The number of halogens is 2. The van der Waals surface area contributed by atoms with Crippen LogP contribution in [0.3, 0.4) is 0 Å². The zero-order chi connectivity index (χ0) is 12.1. The SMILES string of the molecule is CC(C)NCC(=O)Cc1c(F)cccc1F. The fourth-order valence-corrected chi connectivity index (χ4v) is 1.28. The van der Waals surface area contributed by atoms with Crippen LogP contribution in [0, 0.1) is 11.6 Å². The zero-order valence-corrected chi connectivity index (χ0v) is 9.39. The lowest BCUT2D eigenvalue weighted by Gasteiger charge is -2.08. The largest absolute Gasteiger partial charge is 0.308 e. The Morgan fingerprint density at radius 2 is 1.88 bits per heavy atom. The molecule has 0 atom stereocenters. The Kier molecular flexibility index (Phi) is 4.55. The summed E-state index contributed by atoms with van der Waals surface area (Å²) in [5, 5.41) is 2.91. The van der Waals surface area contributed by atoms with E-state index in [0.29, 0.717) is 0 Å². The summed E-state index contributed by atoms with van der Waals surface area (Å²) in [7, 11) is 0. The quantitative estimate of drug-likeness (QED) is 0.834. The average molecular weight is 227 g/mol. The molecule has 1 aromatic rings. The third kappa shape index (κ3) is 3.70. The molecule has 1 aromatic carbocycles. The smallest absolute Gasteiger partial charge is 0.151 e. The first-order valence-electron chi connectivity index (χ1n) is 5.18. The summed E-state index contributed by atoms with van der Waals surface area (Å²) in [4.78, 5) is 11.4. The summed E-state index contributed by atoms with van der Waals surface area (Å²) in [6.07, 6.45) is -0.210. The van der Waals surface area contributed by atoms with Gasteiger partial charge in [-0.3, -0.25) is 4.79 Å². The van der Waals surface area contributed by atoms with Gasteiger partial charge in [0.2, 0.25) is 0 Å². The zero-order valence-electron chi connectivity index (χ0n) is 9.39. The summed E-state index contributed by atoms with van der Waals surface area (Å²) >= 11 is 0. The number of nitrogens with one attached hydrogen (secondary N) is 1. The number of Topliss-reactive ketones (excluding diaryl/α,β-unsaturated/α-hetero) is 1. The third-order valence-electron chi connectivity index (χ3n) is 2.14. The van der Waals surface area contributed by atoms with Gasteiger partial charge in [-0.15, -0.1) is 0 Å². The van der Waals surface area contributed by atoms with Gasteiger partial charge in [0, 0.05) is 18.0 Å². The van der Waals surface area contributed by atoms with Crippen LogP contribution in [0.2, 0.25) is 0 Å². The lowest BCUT2D eigenvalue weighted by atomic mass is 10.1. The van der Waals surface area contributed by atoms with Crippen LogP contribution < -0.4 is 5.32 Å². The fraction of sp³-hybridized carbons (Fsp3) is 0.417. The van der Waals surface area contributed by atoms with Gasteiger partial charge in [0.1, 0.15) is 11.6 Å². The van der Waals surface area contributed by atoms with E-state index in [0.717, 1.165) is 12.1 Å². The predicted octanol–water partition coefficient (Wildman–Crippen LogP) is 2.07. The molecule has 0 aromatic heterocycles. The average Bonchev–Trinajstić information content (AvgIpc) is 2.21. The van der Waals surface area contributed by atoms with Crippen LogP contribution in [-0.4, -0.2) is 18.4 Å². The van der Waals surface area contributed by atoms with E-state index in [4.69, 9.17) is 0 Å². The maximum absolute atomic E-state index is 13.2. The maximum atomic E-state index is 13.2. The van der Waals surface area contributed by atoms with Crippen molar-refractivity contribution >= 4 is 5.78 Å². The van der Waals surface area contributed by atoms with E-state index < -0.39 is 11.6 Å². The standard InChI is InChI=1S/C12H15F2NO/c1-8(2)15-7-9(16)6-10-11(13)4-3-5-12(10)14/h3-5,8,15H,6-7H2,1-2H3. The van der Waals surface area contributed by atoms with Crippen LogP contribution >= 0.6 is 0 Å². The highest BCUT2D eigenvalue weighted by atomic mass is 19.1. The van der Waals surface area contributed by atoms with Gasteiger partial charge < -0.3 is 5.32 Å². The van der Waals surface area contributed by atoms with E-state index >= 15 is 0 Å². The minimum absolute atomic E-state index is 0.130. The van der Waals surface area contributed by atoms with E-state index in [1.807, 2.05) is 13.8 Å². The summed E-state index contributed by atoms with van der Waals surface area (Å²) < 4.78 is 26.4. The molecule has 0 heterocycles. The minimum atomic E-state index is -0.669. The molecule has 88 valence electrons. The normalized spacial score (nSPS) is 10.8. The number of benzene rings is 1. The van der Waals surface area contributed by atoms with Crippen molar-refractivity contribution in [2.24, 2.45) is 0 Å². The molecule has 0 aliphatic carbocycles. The Morgan fingerprint density at radius 3 is 2.38 bits per heavy atom. The van der Waals surface area contributed by atoms with Crippen LogP contribution in [-0.2, 0) is 11.2 Å². The lowest BCUT2D eigenvalue weighted by Crippen LogP contribution is -2.30. The molecule has 0 aliphatic heterocycles. The van der Waals surface area contributed by atoms with Crippen molar-refractivity contribution in [1.29, 1.82) is 0 Å². The molecule has 0 saturated carbocycles. The number of carbonyl (C=O) groups is 1. The number of rotatable bonds is 5. The van der Waals surface area contributed by atoms with Crippen molar-refractivity contribution in [3.05, 3.63) is 35.4 Å². The van der Waals surface area contributed by atoms with Crippen LogP contribution in [0.1, 0.15) is 19.4 Å². The van der Waals surface area contributed by atoms with Gasteiger partial charge in [0.15, 0.2) is 5.78 Å². The van der Waals surface area contributed by atoms with Crippen LogP contribution in [0.15, 0.2) is 18.2 Å². The third-order valence-corrected chi connectivity index (χ3v) is 2.14. The second-order valence-electron chi connectivity index (χ2n) is 3.95. The summed E-state index contributed by atoms with van der Waals surface area (Å²) in [6.45, 7) is 3.93. The molecule has 1 rings (SSSR count). The Labute approximate surface area is 93.7 Å². The van der Waals surface area contributed by atoms with E-state index in [9.17, 15) is 13.6 Å². The first-order chi connectivity index (χ1) is 7.50. The fourth-order valence-electron chi connectivity index (χ4n) is 1.28. The monoisotopic (exact) mass is 227 g/mol. The van der Waals surface area contributed by atoms with Gasteiger partial charge in [-0.2, -0.15) is 0 Å². The first kappa shape index (κ1) is 12.8. The molecule has 0 unspecified atom stereocenters. The van der Waals surface area contributed by atoms with Gasteiger partial charge in [0.05, 0.1) is 6.54 Å². The van der Waals surface area contributed by atoms with Gasteiger partial charge >= 0.3 is 0 Å². The number of carbonyl (C=O) groups excluding carboxylic acids is 1. The highest BCUT2D eigenvalue weighted by Crippen LogP contribution is 2.12. The van der Waals surface area contributed by atoms with E-state index in [2.05, 4.69) is 5.32 Å². The molecule has 0 saturated heterocycles. The van der Waals surface area contributed by atoms with Gasteiger partial charge in [-0.05, 0) is 12.1 Å². The number of hydrogen-bond donors (Lipinski definition) is 1. The lowest BCUT2D eigenvalue weighted by molar-refractivity contribution is -0.117. The molecular formula is C12H15F2NO. The number of hydrogen-bond acceptors (Lipinski definition) is 2. The van der Waals surface area contributed by atoms with Crippen molar-refractivity contribution in [1.82, 2.24) is 5.32 Å². The highest BCUT2D eigenvalue weighted by molar-refractivity contribution is 5.82. The van der Waals surface area contributed by atoms with Crippen molar-refractivity contribution < 1.29 is 13.6 Å². The molecule has 2 nitrogen and oxygen atoms in total. The van der Waals surface area contributed by atoms with Crippen molar-refractivity contribution in [2.45, 2.75) is 26.3 Å². The first-order valence-corrected chi connectivity index (χ1v) is 5.18. The van der Waals surface area contributed by atoms with Crippen LogP contribution in [0.25, 0.3) is 0 Å². The van der Waals surface area contributed by atoms with Gasteiger partial charge in [-0.25, -0.2) is 8.78 Å². The summed E-state index contributed by atoms with van der Waals surface area (Å²) in [5.74, 6) is -1.56. The van der Waals surface area contributed by atoms with E-state index in [1.165, 1.54) is 6.07 Å². The van der Waals surface area contributed by atoms with Crippen molar-refractivity contribution in [2.75, 3.05) is 6.54 Å². The molecule has 0 fully saturated rings. The second-order valence-corrected chi connectivity index (χ2v) is 3.95. The van der Waals surface area contributed by atoms with Crippen molar-refractivity contribution in [3.8, 4) is 0 Å². The van der Waals surface area contributed by atoms with E-state index in [-0.39, 0.29) is 30.4 Å².